The number of aliphatic hydroxyl groups is 1. The lowest BCUT2D eigenvalue weighted by atomic mass is 9.85. The van der Waals surface area contributed by atoms with E-state index in [-0.39, 0.29) is 22.5 Å². The summed E-state index contributed by atoms with van der Waals surface area (Å²) in [7, 11) is 0. The lowest BCUT2D eigenvalue weighted by molar-refractivity contribution is -0.132. The third-order valence-corrected chi connectivity index (χ3v) is 7.82. The maximum Gasteiger partial charge on any atom is 0.281 e. The van der Waals surface area contributed by atoms with Gasteiger partial charge in [-0.3, -0.25) is 14.6 Å². The number of alkyl halides is 2. The van der Waals surface area contributed by atoms with Gasteiger partial charge in [0.1, 0.15) is 5.69 Å². The van der Waals surface area contributed by atoms with Gasteiger partial charge in [0.2, 0.25) is 0 Å². The molecule has 0 radical (unpaired) electrons. The summed E-state index contributed by atoms with van der Waals surface area (Å²) in [4.78, 5) is 31.6. The number of hydrogen-bond acceptors (Lipinski definition) is 4. The fourth-order valence-electron chi connectivity index (χ4n) is 5.40. The molecule has 0 spiro atoms. The molecule has 1 atom stereocenters. The van der Waals surface area contributed by atoms with Crippen LogP contribution in [-0.2, 0) is 10.4 Å². The van der Waals surface area contributed by atoms with Crippen LogP contribution < -0.4 is 10.2 Å². The third-order valence-electron chi connectivity index (χ3n) is 7.36. The van der Waals surface area contributed by atoms with Crippen LogP contribution in [0.5, 0.6) is 0 Å². The topological polar surface area (TPSA) is 82.5 Å². The molecule has 6 nitrogen and oxygen atoms in total. The standard InChI is InChI=1S/C28H25Cl2F2N3O3/c29-18-9-7-17(8-10-18)28(38)22-3-1-2-4-23(22)35(27(28)37)15-16-5-11-20(12-6-16)34-26(36)21-13-19(30)14-33-24(21)25(31)32/h1-4,7-10,13-14,16,20,25,38H,5-6,11-12,15H2,(H,34,36). The molecule has 1 fully saturated rings. The van der Waals surface area contributed by atoms with Crippen molar-refractivity contribution in [3.05, 3.63) is 93.2 Å². The summed E-state index contributed by atoms with van der Waals surface area (Å²) in [5.74, 6) is -0.906. The maximum atomic E-state index is 13.6. The van der Waals surface area contributed by atoms with E-state index < -0.39 is 29.5 Å². The number of carbonyl (C=O) groups is 2. The SMILES string of the molecule is O=C(NC1CCC(CN2C(=O)C(O)(c3ccc(Cl)cc3)c3ccccc32)CC1)c1cc(Cl)cnc1C(F)F. The van der Waals surface area contributed by atoms with Crippen LogP contribution in [-0.4, -0.2) is 34.5 Å². The summed E-state index contributed by atoms with van der Waals surface area (Å²) < 4.78 is 26.6. The van der Waals surface area contributed by atoms with Crippen LogP contribution >= 0.6 is 23.2 Å². The summed E-state index contributed by atoms with van der Waals surface area (Å²) >= 11 is 11.9. The zero-order valence-electron chi connectivity index (χ0n) is 20.2. The molecule has 198 valence electrons. The van der Waals surface area contributed by atoms with Crippen molar-refractivity contribution < 1.29 is 23.5 Å². The number of rotatable bonds is 6. The predicted octanol–water partition coefficient (Wildman–Crippen LogP) is 5.90. The molecule has 1 aliphatic heterocycles. The van der Waals surface area contributed by atoms with E-state index in [4.69, 9.17) is 23.2 Å². The number of nitrogens with one attached hydrogen (secondary N) is 1. The second kappa shape index (κ2) is 10.6. The minimum atomic E-state index is -2.89. The number of aromatic nitrogens is 1. The largest absolute Gasteiger partial charge is 0.372 e. The van der Waals surface area contributed by atoms with Crippen molar-refractivity contribution in [2.45, 2.75) is 43.8 Å². The number of fused-ring (bicyclic) bond motifs is 1. The molecule has 1 aromatic heterocycles. The van der Waals surface area contributed by atoms with Crippen molar-refractivity contribution >= 4 is 40.7 Å². The van der Waals surface area contributed by atoms with E-state index in [1.807, 2.05) is 12.1 Å². The molecule has 1 aliphatic carbocycles. The van der Waals surface area contributed by atoms with Gasteiger partial charge in [0.25, 0.3) is 18.2 Å². The normalized spacial score (nSPS) is 23.0. The van der Waals surface area contributed by atoms with Gasteiger partial charge in [-0.05, 0) is 61.4 Å². The van der Waals surface area contributed by atoms with Crippen LogP contribution in [0.1, 0.15) is 59.3 Å². The van der Waals surface area contributed by atoms with E-state index in [0.29, 0.717) is 54.1 Å². The first-order chi connectivity index (χ1) is 18.2. The number of pyridine rings is 1. The molecule has 2 heterocycles. The lowest BCUT2D eigenvalue weighted by Crippen LogP contribution is -2.44. The Morgan fingerprint density at radius 2 is 1.76 bits per heavy atom. The van der Waals surface area contributed by atoms with Crippen LogP contribution in [0, 0.1) is 5.92 Å². The number of carbonyl (C=O) groups excluding carboxylic acids is 2. The Morgan fingerprint density at radius 1 is 1.08 bits per heavy atom. The van der Waals surface area contributed by atoms with Crippen LogP contribution in [0.25, 0.3) is 0 Å². The van der Waals surface area contributed by atoms with Gasteiger partial charge >= 0.3 is 0 Å². The van der Waals surface area contributed by atoms with Crippen LogP contribution in [0.4, 0.5) is 14.5 Å². The molecule has 0 bridgehead atoms. The van der Waals surface area contributed by atoms with E-state index in [1.165, 1.54) is 6.07 Å². The number of anilines is 1. The summed E-state index contributed by atoms with van der Waals surface area (Å²) in [6.45, 7) is 0.417. The number of hydrogen-bond donors (Lipinski definition) is 2. The number of nitrogens with zero attached hydrogens (tertiary/aromatic N) is 2. The Balaban J connectivity index is 1.26. The lowest BCUT2D eigenvalue weighted by Gasteiger charge is -2.32. The molecule has 38 heavy (non-hydrogen) atoms. The van der Waals surface area contributed by atoms with Gasteiger partial charge < -0.3 is 15.3 Å². The average molecular weight is 560 g/mol. The van der Waals surface area contributed by atoms with Crippen molar-refractivity contribution in [1.29, 1.82) is 0 Å². The van der Waals surface area contributed by atoms with Crippen LogP contribution in [0.2, 0.25) is 10.0 Å². The first-order valence-electron chi connectivity index (χ1n) is 12.3. The minimum Gasteiger partial charge on any atom is -0.372 e. The van der Waals surface area contributed by atoms with Crippen molar-refractivity contribution in [1.82, 2.24) is 10.3 Å². The minimum absolute atomic E-state index is 0.109. The van der Waals surface area contributed by atoms with Crippen molar-refractivity contribution in [3.8, 4) is 0 Å². The highest BCUT2D eigenvalue weighted by atomic mass is 35.5. The maximum absolute atomic E-state index is 13.6. The second-order valence-electron chi connectivity index (χ2n) is 9.73. The molecule has 3 aromatic rings. The Labute approximate surface area is 228 Å². The van der Waals surface area contributed by atoms with E-state index in [9.17, 15) is 23.5 Å². The molecule has 5 rings (SSSR count). The summed E-state index contributed by atoms with van der Waals surface area (Å²) in [6, 6.07) is 14.8. The molecule has 2 amide bonds. The van der Waals surface area contributed by atoms with Gasteiger partial charge in [0.15, 0.2) is 5.60 Å². The monoisotopic (exact) mass is 559 g/mol. The molecule has 1 unspecified atom stereocenters. The fourth-order valence-corrected chi connectivity index (χ4v) is 5.69. The predicted molar refractivity (Wildman–Crippen MR) is 141 cm³/mol. The van der Waals surface area contributed by atoms with Crippen LogP contribution in [0.3, 0.4) is 0 Å². The number of para-hydroxylation sites is 1. The molecule has 2 aromatic carbocycles. The van der Waals surface area contributed by atoms with Gasteiger partial charge in [-0.2, -0.15) is 0 Å². The quantitative estimate of drug-likeness (QED) is 0.394. The van der Waals surface area contributed by atoms with Gasteiger partial charge in [-0.25, -0.2) is 8.78 Å². The molecular weight excluding hydrogens is 535 g/mol. The van der Waals surface area contributed by atoms with Gasteiger partial charge in [0.05, 0.1) is 16.3 Å². The van der Waals surface area contributed by atoms with E-state index in [2.05, 4.69) is 10.3 Å². The van der Waals surface area contributed by atoms with Gasteiger partial charge in [-0.1, -0.05) is 53.5 Å². The average Bonchev–Trinajstić information content (AvgIpc) is 3.12. The number of benzene rings is 2. The molecule has 0 saturated heterocycles. The Hall–Kier alpha value is -3.07. The van der Waals surface area contributed by atoms with Gasteiger partial charge in [0, 0.05) is 29.4 Å². The number of amides is 2. The van der Waals surface area contributed by atoms with Gasteiger partial charge in [-0.15, -0.1) is 0 Å². The van der Waals surface area contributed by atoms with Crippen LogP contribution in [0.15, 0.2) is 60.8 Å². The van der Waals surface area contributed by atoms with Crippen molar-refractivity contribution in [2.24, 2.45) is 5.92 Å². The molecule has 2 aliphatic rings. The molecular formula is C28H25Cl2F2N3O3. The molecule has 10 heteroatoms. The van der Waals surface area contributed by atoms with E-state index in [0.717, 1.165) is 6.20 Å². The van der Waals surface area contributed by atoms with Crippen molar-refractivity contribution in [3.63, 3.8) is 0 Å². The van der Waals surface area contributed by atoms with E-state index >= 15 is 0 Å². The van der Waals surface area contributed by atoms with E-state index in [1.54, 1.807) is 41.3 Å². The highest BCUT2D eigenvalue weighted by Crippen LogP contribution is 2.45. The zero-order valence-corrected chi connectivity index (χ0v) is 21.7. The summed E-state index contributed by atoms with van der Waals surface area (Å²) in [5.41, 5.74) is -0.987. The molecule has 1 saturated carbocycles. The Bertz CT molecular complexity index is 1360. The number of halogens is 4. The first-order valence-corrected chi connectivity index (χ1v) is 13.1. The zero-order chi connectivity index (χ0) is 27.0. The highest BCUT2D eigenvalue weighted by molar-refractivity contribution is 6.31. The highest BCUT2D eigenvalue weighted by Gasteiger charge is 2.51. The smallest absolute Gasteiger partial charge is 0.281 e. The van der Waals surface area contributed by atoms with Crippen molar-refractivity contribution in [2.75, 3.05) is 11.4 Å². The molecule has 2 N–H and O–H groups in total. The second-order valence-corrected chi connectivity index (χ2v) is 10.6. The summed E-state index contributed by atoms with van der Waals surface area (Å²) in [5, 5.41) is 15.1. The first kappa shape index (κ1) is 26.5. The summed E-state index contributed by atoms with van der Waals surface area (Å²) in [6.07, 6.45) is 0.879. The Kier molecular flexibility index (Phi) is 7.40. The fraction of sp³-hybridized carbons (Fsp3) is 0.321. The third kappa shape index (κ3) is 4.88. The Morgan fingerprint density at radius 3 is 2.45 bits per heavy atom.